The number of nitrogen functional groups attached to an aromatic ring is 1. The minimum Gasteiger partial charge on any atom is -0.383 e. The van der Waals surface area contributed by atoms with Crippen LogP contribution in [0, 0.1) is 17.7 Å². The van der Waals surface area contributed by atoms with Crippen LogP contribution in [0.2, 0.25) is 0 Å². The molecular weight excluding hydrogens is 457 g/mol. The molecule has 1 aliphatic heterocycles. The van der Waals surface area contributed by atoms with Crippen LogP contribution >= 0.6 is 13.5 Å². The highest BCUT2D eigenvalue weighted by Crippen LogP contribution is 2.37. The van der Waals surface area contributed by atoms with Gasteiger partial charge < -0.3 is 20.9 Å². The number of nitrogens with two attached hydrogens (primary N) is 2. The van der Waals surface area contributed by atoms with Crippen LogP contribution in [0.4, 0.5) is 10.2 Å². The zero-order valence-electron chi connectivity index (χ0n) is 18.3. The number of aromatic nitrogens is 4. The van der Waals surface area contributed by atoms with E-state index in [4.69, 9.17) is 11.5 Å². The number of fused-ring (bicyclic) bond motifs is 1. The summed E-state index contributed by atoms with van der Waals surface area (Å²) in [5.41, 5.74) is 13.3. The van der Waals surface area contributed by atoms with E-state index in [9.17, 15) is 14.0 Å². The van der Waals surface area contributed by atoms with E-state index >= 15 is 0 Å². The van der Waals surface area contributed by atoms with Crippen LogP contribution in [0.5, 0.6) is 0 Å². The van der Waals surface area contributed by atoms with E-state index in [1.54, 1.807) is 17.3 Å². The van der Waals surface area contributed by atoms with Crippen molar-refractivity contribution in [2.45, 2.75) is 31.3 Å². The zero-order valence-corrected chi connectivity index (χ0v) is 19.3. The van der Waals surface area contributed by atoms with Gasteiger partial charge in [-0.1, -0.05) is 12.5 Å². The fourth-order valence-electron chi connectivity index (χ4n) is 4.24. The molecule has 1 saturated heterocycles. The minimum atomic E-state index is -0.779. The number of benzene rings is 1. The number of anilines is 1. The van der Waals surface area contributed by atoms with Gasteiger partial charge in [-0.3, -0.25) is 9.59 Å². The van der Waals surface area contributed by atoms with Gasteiger partial charge in [0.1, 0.15) is 17.2 Å². The van der Waals surface area contributed by atoms with Crippen molar-refractivity contribution in [3.8, 4) is 11.8 Å². The smallest absolute Gasteiger partial charge is 0.255 e. The molecule has 3 heterocycles. The summed E-state index contributed by atoms with van der Waals surface area (Å²) in [4.78, 5) is 29.9. The summed E-state index contributed by atoms with van der Waals surface area (Å²) in [6, 6.07) is 3.15. The van der Waals surface area contributed by atoms with Crippen molar-refractivity contribution >= 4 is 42.2 Å². The largest absolute Gasteiger partial charge is 0.383 e. The third-order valence-electron chi connectivity index (χ3n) is 6.11. The highest BCUT2D eigenvalue weighted by molar-refractivity contribution is 7.59. The second-order valence-corrected chi connectivity index (χ2v) is 8.30. The second-order valence-electron chi connectivity index (χ2n) is 8.30. The van der Waals surface area contributed by atoms with Crippen molar-refractivity contribution in [3.63, 3.8) is 0 Å². The Hall–Kier alpha value is -3.78. The van der Waals surface area contributed by atoms with E-state index in [2.05, 4.69) is 28.5 Å². The lowest BCUT2D eigenvalue weighted by Gasteiger charge is -2.15. The number of carbonyl (C=O) groups is 2. The van der Waals surface area contributed by atoms with Crippen LogP contribution in [0.1, 0.15) is 53.0 Å². The first-order chi connectivity index (χ1) is 15.9. The van der Waals surface area contributed by atoms with E-state index in [0.29, 0.717) is 31.1 Å². The van der Waals surface area contributed by atoms with Crippen molar-refractivity contribution in [1.82, 2.24) is 24.2 Å². The summed E-state index contributed by atoms with van der Waals surface area (Å²) < 4.78 is 18.2. The second kappa shape index (κ2) is 8.87. The third-order valence-corrected chi connectivity index (χ3v) is 6.11. The normalized spacial score (nSPS) is 17.2. The maximum Gasteiger partial charge on any atom is 0.255 e. The van der Waals surface area contributed by atoms with Gasteiger partial charge in [-0.05, 0) is 37.3 Å². The molecule has 0 unspecified atom stereocenters. The number of primary amides is 1. The quantitative estimate of drug-likeness (QED) is 0.435. The Bertz CT molecular complexity index is 1380. The van der Waals surface area contributed by atoms with E-state index in [0.717, 1.165) is 18.4 Å². The van der Waals surface area contributed by atoms with E-state index < -0.39 is 11.7 Å². The Kier molecular flexibility index (Phi) is 6.10. The molecule has 2 fully saturated rings. The SMILES string of the molecule is C=CC(=O)N1CC[C@H](n2nc(C#Cc3cc4ncn(C5CC5)c4cc3F)c(C(N)=O)c2N)C1.S. The van der Waals surface area contributed by atoms with Crippen LogP contribution in [0.15, 0.2) is 31.1 Å². The molecule has 9 nitrogen and oxygen atoms in total. The molecule has 0 radical (unpaired) electrons. The molecule has 34 heavy (non-hydrogen) atoms. The first-order valence-electron chi connectivity index (χ1n) is 10.6. The predicted octanol–water partition coefficient (Wildman–Crippen LogP) is 1.86. The Morgan fingerprint density at radius 3 is 2.65 bits per heavy atom. The minimum absolute atomic E-state index is 0. The van der Waals surface area contributed by atoms with Gasteiger partial charge in [0, 0.05) is 25.2 Å². The Morgan fingerprint density at radius 2 is 1.97 bits per heavy atom. The number of nitrogens with zero attached hydrogens (tertiary/aromatic N) is 5. The van der Waals surface area contributed by atoms with E-state index in [1.807, 2.05) is 4.57 Å². The average Bonchev–Trinajstić information content (AvgIpc) is 3.22. The number of rotatable bonds is 4. The van der Waals surface area contributed by atoms with Gasteiger partial charge in [-0.25, -0.2) is 14.1 Å². The molecule has 0 bridgehead atoms. The van der Waals surface area contributed by atoms with Crippen LogP contribution in [-0.2, 0) is 4.79 Å². The van der Waals surface area contributed by atoms with E-state index in [-0.39, 0.29) is 48.1 Å². The lowest BCUT2D eigenvalue weighted by molar-refractivity contribution is -0.125. The van der Waals surface area contributed by atoms with Crippen molar-refractivity contribution in [2.75, 3.05) is 18.8 Å². The summed E-state index contributed by atoms with van der Waals surface area (Å²) in [5, 5.41) is 4.39. The van der Waals surface area contributed by atoms with Crippen LogP contribution in [-0.4, -0.2) is 49.1 Å². The molecule has 2 aliphatic rings. The fourth-order valence-corrected chi connectivity index (χ4v) is 4.24. The summed E-state index contributed by atoms with van der Waals surface area (Å²) in [5.74, 6) is 4.12. The highest BCUT2D eigenvalue weighted by atomic mass is 32.1. The topological polar surface area (TPSA) is 125 Å². The van der Waals surface area contributed by atoms with E-state index in [1.165, 1.54) is 16.8 Å². The number of amides is 2. The molecule has 2 aromatic heterocycles. The molecule has 0 spiro atoms. The maximum atomic E-state index is 14.8. The fraction of sp³-hybridized carbons (Fsp3) is 0.304. The Morgan fingerprint density at radius 1 is 1.21 bits per heavy atom. The lowest BCUT2D eigenvalue weighted by atomic mass is 10.1. The van der Waals surface area contributed by atoms with Crippen LogP contribution in [0.25, 0.3) is 11.0 Å². The van der Waals surface area contributed by atoms with Crippen molar-refractivity contribution in [3.05, 3.63) is 53.8 Å². The Balaban J connectivity index is 0.00000274. The van der Waals surface area contributed by atoms with Crippen LogP contribution in [0.3, 0.4) is 0 Å². The number of likely N-dealkylation sites (tertiary alicyclic amines) is 1. The first kappa shape index (κ1) is 23.4. The number of halogens is 1. The first-order valence-corrected chi connectivity index (χ1v) is 10.6. The van der Waals surface area contributed by atoms with Gasteiger partial charge in [0.2, 0.25) is 5.91 Å². The summed E-state index contributed by atoms with van der Waals surface area (Å²) in [6.07, 6.45) is 5.70. The monoisotopic (exact) mass is 481 g/mol. The highest BCUT2D eigenvalue weighted by Gasteiger charge is 2.31. The molecule has 1 atom stereocenters. The average molecular weight is 482 g/mol. The molecule has 4 N–H and O–H groups in total. The molecule has 1 aliphatic carbocycles. The van der Waals surface area contributed by atoms with Gasteiger partial charge in [-0.2, -0.15) is 18.6 Å². The van der Waals surface area contributed by atoms with Gasteiger partial charge in [0.25, 0.3) is 5.91 Å². The lowest BCUT2D eigenvalue weighted by Crippen LogP contribution is -2.27. The third kappa shape index (κ3) is 4.01. The molecule has 11 heteroatoms. The number of hydrogen-bond donors (Lipinski definition) is 2. The molecule has 5 rings (SSSR count). The number of imidazole rings is 1. The summed E-state index contributed by atoms with van der Waals surface area (Å²) in [7, 11) is 0. The molecule has 176 valence electrons. The van der Waals surface area contributed by atoms with Gasteiger partial charge in [-0.15, -0.1) is 0 Å². The standard InChI is InChI=1S/C23H22FN7O2.H2S/c1-2-20(32)29-8-7-15(11-29)31-22(25)21(23(26)33)17(28-31)6-3-13-9-18-19(10-16(13)24)30(12-27-18)14-4-5-14;/h2,9-10,12,14-15H,1,4-5,7-8,11,25H2,(H2,26,33);1H2/t15-;/m0./s1. The molecule has 1 saturated carbocycles. The molecule has 2 amide bonds. The number of hydrogen-bond acceptors (Lipinski definition) is 5. The van der Waals surface area contributed by atoms with Gasteiger partial charge in [0.15, 0.2) is 5.69 Å². The maximum absolute atomic E-state index is 14.8. The van der Waals surface area contributed by atoms with Gasteiger partial charge in [0.05, 0.1) is 29.0 Å². The van der Waals surface area contributed by atoms with Crippen molar-refractivity contribution in [1.29, 1.82) is 0 Å². The van der Waals surface area contributed by atoms with Crippen LogP contribution < -0.4 is 11.5 Å². The molecule has 1 aromatic carbocycles. The molecule has 3 aromatic rings. The number of carbonyl (C=O) groups excluding carboxylic acids is 2. The van der Waals surface area contributed by atoms with Crippen molar-refractivity contribution in [2.24, 2.45) is 5.73 Å². The summed E-state index contributed by atoms with van der Waals surface area (Å²) >= 11 is 0. The summed E-state index contributed by atoms with van der Waals surface area (Å²) in [6.45, 7) is 4.39. The zero-order chi connectivity index (χ0) is 23.3. The predicted molar refractivity (Wildman–Crippen MR) is 130 cm³/mol. The van der Waals surface area contributed by atoms with Gasteiger partial charge >= 0.3 is 0 Å². The Labute approximate surface area is 202 Å². The molecular formula is C23H24FN7O2S. The van der Waals surface area contributed by atoms with Crippen molar-refractivity contribution < 1.29 is 14.0 Å².